The number of sulfonamides is 1. The molecule has 32 heavy (non-hydrogen) atoms. The van der Waals surface area contributed by atoms with Crippen LogP contribution in [-0.2, 0) is 21.4 Å². The molecule has 172 valence electrons. The fraction of sp³-hybridized carbons (Fsp3) is 0.417. The average molecular weight is 458 g/mol. The Labute approximate surface area is 190 Å². The van der Waals surface area contributed by atoms with E-state index in [1.807, 2.05) is 31.2 Å². The second kappa shape index (κ2) is 10.7. The van der Waals surface area contributed by atoms with Crippen LogP contribution in [0.3, 0.4) is 0 Å². The monoisotopic (exact) mass is 457 g/mol. The fourth-order valence-electron chi connectivity index (χ4n) is 3.68. The van der Waals surface area contributed by atoms with Crippen molar-refractivity contribution < 1.29 is 18.0 Å². The van der Waals surface area contributed by atoms with Gasteiger partial charge in [0.15, 0.2) is 0 Å². The fourth-order valence-corrected chi connectivity index (χ4v) is 5.00. The highest BCUT2D eigenvalue weighted by Crippen LogP contribution is 2.26. The molecule has 0 heterocycles. The number of amides is 2. The summed E-state index contributed by atoms with van der Waals surface area (Å²) < 4.78 is 27.3. The van der Waals surface area contributed by atoms with Gasteiger partial charge in [0.25, 0.3) is 5.91 Å². The number of benzene rings is 2. The molecule has 1 saturated carbocycles. The molecule has 2 aromatic carbocycles. The van der Waals surface area contributed by atoms with E-state index >= 15 is 0 Å². The number of carbonyl (C=O) groups is 2. The first kappa shape index (κ1) is 23.9. The predicted molar refractivity (Wildman–Crippen MR) is 125 cm³/mol. The van der Waals surface area contributed by atoms with Gasteiger partial charge in [-0.2, -0.15) is 0 Å². The van der Waals surface area contributed by atoms with Gasteiger partial charge in [0.05, 0.1) is 4.90 Å². The third-order valence-corrected chi connectivity index (χ3v) is 7.37. The number of hydrogen-bond donors (Lipinski definition) is 3. The lowest BCUT2D eigenvalue weighted by atomic mass is 10.1. The first-order valence-electron chi connectivity index (χ1n) is 11.1. The van der Waals surface area contributed by atoms with Crippen LogP contribution in [0.15, 0.2) is 53.4 Å². The predicted octanol–water partition coefficient (Wildman–Crippen LogP) is 3.82. The van der Waals surface area contributed by atoms with E-state index in [0.29, 0.717) is 18.5 Å². The molecule has 0 spiro atoms. The highest BCUT2D eigenvalue weighted by Gasteiger charge is 2.22. The number of carbonyl (C=O) groups excluding carboxylic acids is 2. The molecule has 0 aromatic heterocycles. The van der Waals surface area contributed by atoms with Crippen molar-refractivity contribution in [1.29, 1.82) is 0 Å². The highest BCUT2D eigenvalue weighted by molar-refractivity contribution is 7.89. The van der Waals surface area contributed by atoms with Crippen LogP contribution in [0.2, 0.25) is 0 Å². The molecular formula is C24H31N3O4S. The Morgan fingerprint density at radius 2 is 1.75 bits per heavy atom. The summed E-state index contributed by atoms with van der Waals surface area (Å²) in [6.07, 6.45) is 4.77. The van der Waals surface area contributed by atoms with Crippen LogP contribution >= 0.6 is 0 Å². The SMILES string of the molecule is CCC(C)NS(=O)(=O)c1ccc(C(=O)NCc2cccc(NC(=O)C3CCCC3)c2)cc1. The van der Waals surface area contributed by atoms with Gasteiger partial charge >= 0.3 is 0 Å². The third kappa shape index (κ3) is 6.40. The highest BCUT2D eigenvalue weighted by atomic mass is 32.2. The first-order valence-corrected chi connectivity index (χ1v) is 12.6. The van der Waals surface area contributed by atoms with Gasteiger partial charge in [0.2, 0.25) is 15.9 Å². The molecule has 1 aliphatic carbocycles. The third-order valence-electron chi connectivity index (χ3n) is 5.77. The average Bonchev–Trinajstić information content (AvgIpc) is 3.33. The van der Waals surface area contributed by atoms with Gasteiger partial charge in [0, 0.05) is 29.8 Å². The molecule has 1 fully saturated rings. The lowest BCUT2D eigenvalue weighted by Crippen LogP contribution is -2.32. The molecule has 1 atom stereocenters. The van der Waals surface area contributed by atoms with Gasteiger partial charge in [0.1, 0.15) is 0 Å². The minimum atomic E-state index is -3.61. The van der Waals surface area contributed by atoms with Crippen LogP contribution in [0.5, 0.6) is 0 Å². The Morgan fingerprint density at radius 3 is 2.41 bits per heavy atom. The number of hydrogen-bond acceptors (Lipinski definition) is 4. The molecule has 0 saturated heterocycles. The number of rotatable bonds is 9. The maximum Gasteiger partial charge on any atom is 0.251 e. The van der Waals surface area contributed by atoms with Crippen LogP contribution in [0.4, 0.5) is 5.69 Å². The Balaban J connectivity index is 1.57. The summed E-state index contributed by atoms with van der Waals surface area (Å²) in [7, 11) is -3.61. The van der Waals surface area contributed by atoms with Crippen LogP contribution in [0, 0.1) is 5.92 Å². The maximum absolute atomic E-state index is 12.5. The normalized spacial score (nSPS) is 15.3. The summed E-state index contributed by atoms with van der Waals surface area (Å²) in [5.74, 6) is -0.156. The lowest BCUT2D eigenvalue weighted by Gasteiger charge is -2.13. The van der Waals surface area contributed by atoms with E-state index in [2.05, 4.69) is 15.4 Å². The summed E-state index contributed by atoms with van der Waals surface area (Å²) in [4.78, 5) is 24.9. The molecule has 7 nitrogen and oxygen atoms in total. The van der Waals surface area contributed by atoms with Crippen LogP contribution in [-0.4, -0.2) is 26.3 Å². The largest absolute Gasteiger partial charge is 0.348 e. The van der Waals surface area contributed by atoms with Crippen LogP contribution in [0.25, 0.3) is 0 Å². The molecule has 2 aromatic rings. The van der Waals surface area contributed by atoms with Gasteiger partial charge in [-0.25, -0.2) is 13.1 Å². The van der Waals surface area contributed by atoms with Gasteiger partial charge < -0.3 is 10.6 Å². The minimum Gasteiger partial charge on any atom is -0.348 e. The molecule has 8 heteroatoms. The lowest BCUT2D eigenvalue weighted by molar-refractivity contribution is -0.119. The van der Waals surface area contributed by atoms with Gasteiger partial charge in [-0.05, 0) is 68.1 Å². The second-order valence-corrected chi connectivity index (χ2v) is 10.0. The van der Waals surface area contributed by atoms with Gasteiger partial charge in [-0.1, -0.05) is 31.9 Å². The number of nitrogens with one attached hydrogen (secondary N) is 3. The van der Waals surface area contributed by atoms with Crippen molar-refractivity contribution in [2.45, 2.75) is 63.4 Å². The molecule has 1 unspecified atom stereocenters. The van der Waals surface area contributed by atoms with E-state index in [1.165, 1.54) is 24.3 Å². The van der Waals surface area contributed by atoms with E-state index in [0.717, 1.165) is 36.9 Å². The van der Waals surface area contributed by atoms with Crippen LogP contribution in [0.1, 0.15) is 61.9 Å². The van der Waals surface area contributed by atoms with Crippen molar-refractivity contribution >= 4 is 27.5 Å². The zero-order valence-corrected chi connectivity index (χ0v) is 19.4. The Kier molecular flexibility index (Phi) is 8.04. The smallest absolute Gasteiger partial charge is 0.251 e. The zero-order chi connectivity index (χ0) is 23.1. The van der Waals surface area contributed by atoms with Crippen molar-refractivity contribution in [3.8, 4) is 0 Å². The number of anilines is 1. The van der Waals surface area contributed by atoms with E-state index < -0.39 is 10.0 Å². The van der Waals surface area contributed by atoms with E-state index in [1.54, 1.807) is 6.92 Å². The molecule has 0 bridgehead atoms. The summed E-state index contributed by atoms with van der Waals surface area (Å²) in [5.41, 5.74) is 1.95. The standard InChI is InChI=1S/C24H31N3O4S/c1-3-17(2)27-32(30,31)22-13-11-20(12-14-22)23(28)25-16-18-7-6-10-21(15-18)26-24(29)19-8-4-5-9-19/h6-7,10-15,17,19,27H,3-5,8-9,16H2,1-2H3,(H,25,28)(H,26,29). The first-order chi connectivity index (χ1) is 15.3. The second-order valence-electron chi connectivity index (χ2n) is 8.31. The quantitative estimate of drug-likeness (QED) is 0.532. The van der Waals surface area contributed by atoms with Crippen molar-refractivity contribution in [3.05, 3.63) is 59.7 Å². The van der Waals surface area contributed by atoms with E-state index in [4.69, 9.17) is 0 Å². The summed E-state index contributed by atoms with van der Waals surface area (Å²) in [5, 5.41) is 5.80. The Bertz CT molecular complexity index is 1050. The maximum atomic E-state index is 12.5. The Morgan fingerprint density at radius 1 is 1.06 bits per heavy atom. The summed E-state index contributed by atoms with van der Waals surface area (Å²) in [6.45, 7) is 4.00. The van der Waals surface area contributed by atoms with Gasteiger partial charge in [-0.15, -0.1) is 0 Å². The minimum absolute atomic E-state index is 0.0570. The van der Waals surface area contributed by atoms with E-state index in [9.17, 15) is 18.0 Å². The molecule has 1 aliphatic rings. The molecule has 3 rings (SSSR count). The van der Waals surface area contributed by atoms with Crippen molar-refractivity contribution in [2.75, 3.05) is 5.32 Å². The molecule has 0 aliphatic heterocycles. The van der Waals surface area contributed by atoms with Crippen molar-refractivity contribution in [1.82, 2.24) is 10.0 Å². The van der Waals surface area contributed by atoms with Crippen LogP contribution < -0.4 is 15.4 Å². The van der Waals surface area contributed by atoms with Crippen molar-refractivity contribution in [2.24, 2.45) is 5.92 Å². The van der Waals surface area contributed by atoms with E-state index in [-0.39, 0.29) is 28.7 Å². The van der Waals surface area contributed by atoms with Crippen molar-refractivity contribution in [3.63, 3.8) is 0 Å². The topological polar surface area (TPSA) is 104 Å². The Hall–Kier alpha value is -2.71. The molecule has 2 amide bonds. The van der Waals surface area contributed by atoms with Gasteiger partial charge in [-0.3, -0.25) is 9.59 Å². The zero-order valence-electron chi connectivity index (χ0n) is 18.6. The molecule has 0 radical (unpaired) electrons. The molecular weight excluding hydrogens is 426 g/mol. The summed E-state index contributed by atoms with van der Waals surface area (Å²) in [6, 6.07) is 13.1. The molecule has 3 N–H and O–H groups in total. The summed E-state index contributed by atoms with van der Waals surface area (Å²) >= 11 is 0.